The van der Waals surface area contributed by atoms with Gasteiger partial charge in [0.2, 0.25) is 0 Å². The second-order valence-corrected chi connectivity index (χ2v) is 6.93. The molecular weight excluding hydrogens is 289 g/mol. The van der Waals surface area contributed by atoms with Gasteiger partial charge in [0, 0.05) is 5.39 Å². The van der Waals surface area contributed by atoms with Crippen LogP contribution in [0.4, 0.5) is 4.39 Å². The maximum absolute atomic E-state index is 14.0. The van der Waals surface area contributed by atoms with E-state index in [0.717, 1.165) is 21.3 Å². The highest BCUT2D eigenvalue weighted by Crippen LogP contribution is 2.26. The second kappa shape index (κ2) is 4.70. The third-order valence-corrected chi connectivity index (χ3v) is 5.14. The molecule has 21 heavy (non-hydrogen) atoms. The third kappa shape index (κ3) is 2.23. The van der Waals surface area contributed by atoms with Gasteiger partial charge in [-0.15, -0.1) is 0 Å². The number of aryl methyl sites for hydroxylation is 2. The van der Waals surface area contributed by atoms with E-state index in [1.54, 1.807) is 30.3 Å². The van der Waals surface area contributed by atoms with Gasteiger partial charge in [-0.3, -0.25) is 0 Å². The first-order valence-electron chi connectivity index (χ1n) is 6.49. The van der Waals surface area contributed by atoms with Crippen molar-refractivity contribution in [2.45, 2.75) is 18.7 Å². The highest BCUT2D eigenvalue weighted by molar-refractivity contribution is 7.90. The van der Waals surface area contributed by atoms with E-state index < -0.39 is 15.8 Å². The number of nitrogens with zero attached hydrogens (tertiary/aromatic N) is 1. The minimum Gasteiger partial charge on any atom is -0.238 e. The van der Waals surface area contributed by atoms with Crippen LogP contribution in [0.5, 0.6) is 0 Å². The van der Waals surface area contributed by atoms with Crippen LogP contribution < -0.4 is 0 Å². The smallest absolute Gasteiger partial charge is 0.238 e. The highest BCUT2D eigenvalue weighted by atomic mass is 32.2. The summed E-state index contributed by atoms with van der Waals surface area (Å²) in [6.45, 7) is 3.72. The van der Waals surface area contributed by atoms with Gasteiger partial charge in [0.15, 0.2) is 0 Å². The quantitative estimate of drug-likeness (QED) is 0.725. The number of rotatable bonds is 2. The topological polar surface area (TPSA) is 39.1 Å². The van der Waals surface area contributed by atoms with E-state index in [1.807, 2.05) is 13.8 Å². The first-order chi connectivity index (χ1) is 9.89. The van der Waals surface area contributed by atoms with Crippen LogP contribution in [0, 0.1) is 19.7 Å². The summed E-state index contributed by atoms with van der Waals surface area (Å²) in [5, 5.41) is 0.311. The number of halogens is 1. The van der Waals surface area contributed by atoms with Crippen LogP contribution in [-0.4, -0.2) is 12.4 Å². The van der Waals surface area contributed by atoms with E-state index in [0.29, 0.717) is 10.9 Å². The van der Waals surface area contributed by atoms with Gasteiger partial charge in [-0.2, -0.15) is 0 Å². The van der Waals surface area contributed by atoms with E-state index in [2.05, 4.69) is 0 Å². The monoisotopic (exact) mass is 303 g/mol. The summed E-state index contributed by atoms with van der Waals surface area (Å²) >= 11 is 0. The van der Waals surface area contributed by atoms with Crippen molar-refractivity contribution in [2.24, 2.45) is 0 Å². The molecule has 0 aliphatic heterocycles. The minimum absolute atomic E-state index is 0.144. The summed E-state index contributed by atoms with van der Waals surface area (Å²) in [7, 11) is -3.80. The Morgan fingerprint density at radius 2 is 1.57 bits per heavy atom. The van der Waals surface area contributed by atoms with Gasteiger partial charge >= 0.3 is 0 Å². The Balaban J connectivity index is 2.26. The standard InChI is InChI=1S/C16H14FNO2S/c1-11-3-6-13(7-4-11)21(19,20)18-10-15(17)14-9-12(2)5-8-16(14)18/h3-10H,1-2H3. The first kappa shape index (κ1) is 13.8. The van der Waals surface area contributed by atoms with E-state index in [-0.39, 0.29) is 4.90 Å². The lowest BCUT2D eigenvalue weighted by molar-refractivity contribution is 0.586. The molecular formula is C16H14FNO2S. The Hall–Kier alpha value is -2.14. The molecule has 108 valence electrons. The lowest BCUT2D eigenvalue weighted by Crippen LogP contribution is -2.11. The van der Waals surface area contributed by atoms with Crippen LogP contribution in [0.2, 0.25) is 0 Å². The third-order valence-electron chi connectivity index (χ3n) is 3.46. The number of hydrogen-bond acceptors (Lipinski definition) is 2. The van der Waals surface area contributed by atoms with Gasteiger partial charge in [0.25, 0.3) is 10.0 Å². The summed E-state index contributed by atoms with van der Waals surface area (Å²) in [4.78, 5) is 0.144. The zero-order valence-electron chi connectivity index (χ0n) is 11.7. The van der Waals surface area contributed by atoms with Crippen molar-refractivity contribution in [3.8, 4) is 0 Å². The van der Waals surface area contributed by atoms with E-state index in [4.69, 9.17) is 0 Å². The fraction of sp³-hybridized carbons (Fsp3) is 0.125. The molecule has 0 saturated heterocycles. The molecule has 3 rings (SSSR count). The summed E-state index contributed by atoms with van der Waals surface area (Å²) < 4.78 is 40.3. The molecule has 5 heteroatoms. The summed E-state index contributed by atoms with van der Waals surface area (Å²) in [6, 6.07) is 11.5. The maximum Gasteiger partial charge on any atom is 0.268 e. The Morgan fingerprint density at radius 3 is 2.24 bits per heavy atom. The van der Waals surface area contributed by atoms with Gasteiger partial charge in [0.05, 0.1) is 16.6 Å². The zero-order chi connectivity index (χ0) is 15.2. The molecule has 1 heterocycles. The molecule has 2 aromatic carbocycles. The molecule has 0 radical (unpaired) electrons. The molecule has 0 bridgehead atoms. The highest BCUT2D eigenvalue weighted by Gasteiger charge is 2.21. The van der Waals surface area contributed by atoms with Gasteiger partial charge in [-0.05, 0) is 38.1 Å². The lowest BCUT2D eigenvalue weighted by atomic mass is 10.2. The number of benzene rings is 2. The Bertz CT molecular complexity index is 925. The summed E-state index contributed by atoms with van der Waals surface area (Å²) in [5.74, 6) is -0.538. The van der Waals surface area contributed by atoms with Crippen LogP contribution in [-0.2, 0) is 10.0 Å². The predicted octanol–water partition coefficient (Wildman–Crippen LogP) is 3.63. The van der Waals surface area contributed by atoms with Crippen molar-refractivity contribution in [3.63, 3.8) is 0 Å². The Labute approximate surface area is 122 Å². The average molecular weight is 303 g/mol. The number of fused-ring (bicyclic) bond motifs is 1. The average Bonchev–Trinajstić information content (AvgIpc) is 2.77. The van der Waals surface area contributed by atoms with Crippen molar-refractivity contribution in [1.82, 2.24) is 3.97 Å². The van der Waals surface area contributed by atoms with Crippen LogP contribution in [0.25, 0.3) is 10.9 Å². The molecule has 3 aromatic rings. The van der Waals surface area contributed by atoms with Gasteiger partial charge in [0.1, 0.15) is 5.82 Å². The van der Waals surface area contributed by atoms with Crippen LogP contribution >= 0.6 is 0 Å². The SMILES string of the molecule is Cc1ccc(S(=O)(=O)n2cc(F)c3cc(C)ccc32)cc1. The minimum atomic E-state index is -3.80. The summed E-state index contributed by atoms with van der Waals surface area (Å²) in [6.07, 6.45) is 1.03. The van der Waals surface area contributed by atoms with Crippen molar-refractivity contribution in [2.75, 3.05) is 0 Å². The molecule has 0 atom stereocenters. The fourth-order valence-corrected chi connectivity index (χ4v) is 3.65. The van der Waals surface area contributed by atoms with E-state index in [1.165, 1.54) is 12.1 Å². The van der Waals surface area contributed by atoms with Crippen molar-refractivity contribution >= 4 is 20.9 Å². The second-order valence-electron chi connectivity index (χ2n) is 5.11. The molecule has 0 N–H and O–H groups in total. The fourth-order valence-electron chi connectivity index (χ4n) is 2.30. The largest absolute Gasteiger partial charge is 0.268 e. The molecule has 0 aliphatic carbocycles. The van der Waals surface area contributed by atoms with E-state index in [9.17, 15) is 12.8 Å². The van der Waals surface area contributed by atoms with Crippen molar-refractivity contribution in [3.05, 3.63) is 65.6 Å². The predicted molar refractivity (Wildman–Crippen MR) is 80.4 cm³/mol. The molecule has 0 saturated carbocycles. The van der Waals surface area contributed by atoms with E-state index >= 15 is 0 Å². The van der Waals surface area contributed by atoms with Gasteiger partial charge in [-0.1, -0.05) is 29.3 Å². The van der Waals surface area contributed by atoms with Gasteiger partial charge in [-0.25, -0.2) is 16.8 Å². The van der Waals surface area contributed by atoms with Crippen molar-refractivity contribution in [1.29, 1.82) is 0 Å². The number of hydrogen-bond donors (Lipinski definition) is 0. The molecule has 0 aliphatic rings. The summed E-state index contributed by atoms with van der Waals surface area (Å²) in [5.41, 5.74) is 2.19. The van der Waals surface area contributed by atoms with Gasteiger partial charge < -0.3 is 0 Å². The molecule has 3 nitrogen and oxygen atoms in total. The zero-order valence-corrected chi connectivity index (χ0v) is 12.5. The molecule has 0 spiro atoms. The van der Waals surface area contributed by atoms with Crippen LogP contribution in [0.3, 0.4) is 0 Å². The van der Waals surface area contributed by atoms with Crippen LogP contribution in [0.15, 0.2) is 53.6 Å². The van der Waals surface area contributed by atoms with Crippen LogP contribution in [0.1, 0.15) is 11.1 Å². The Kier molecular flexibility index (Phi) is 3.10. The normalized spacial score (nSPS) is 12.0. The first-order valence-corrected chi connectivity index (χ1v) is 7.93. The maximum atomic E-state index is 14.0. The molecule has 0 amide bonds. The molecule has 0 unspecified atom stereocenters. The van der Waals surface area contributed by atoms with Crippen molar-refractivity contribution < 1.29 is 12.8 Å². The molecule has 0 fully saturated rings. The Morgan fingerprint density at radius 1 is 0.952 bits per heavy atom. The lowest BCUT2D eigenvalue weighted by Gasteiger charge is -2.07. The number of aromatic nitrogens is 1. The molecule has 1 aromatic heterocycles.